The number of H-pyrrole nitrogens is 1. The van der Waals surface area contributed by atoms with Crippen LogP contribution in [-0.2, 0) is 6.42 Å². The van der Waals surface area contributed by atoms with E-state index in [4.69, 9.17) is 0 Å². The molecule has 0 aliphatic carbocycles. The summed E-state index contributed by atoms with van der Waals surface area (Å²) >= 11 is 0. The highest BCUT2D eigenvalue weighted by Crippen LogP contribution is 2.26. The Balaban J connectivity index is 1.45. The second-order valence-electron chi connectivity index (χ2n) is 7.36. The van der Waals surface area contributed by atoms with Crippen molar-refractivity contribution in [3.63, 3.8) is 0 Å². The molecule has 1 atom stereocenters. The van der Waals surface area contributed by atoms with E-state index < -0.39 is 0 Å². The summed E-state index contributed by atoms with van der Waals surface area (Å²) in [6, 6.07) is 12.6. The largest absolute Gasteiger partial charge is 0.361 e. The summed E-state index contributed by atoms with van der Waals surface area (Å²) in [5, 5.41) is 4.05. The quantitative estimate of drug-likeness (QED) is 0.633. The van der Waals surface area contributed by atoms with Gasteiger partial charge in [-0.15, -0.1) is 0 Å². The highest BCUT2D eigenvalue weighted by atomic mass is 16.2. The van der Waals surface area contributed by atoms with Crippen molar-refractivity contribution in [3.05, 3.63) is 70.9 Å². The Morgan fingerprint density at radius 2 is 1.86 bits per heavy atom. The molecule has 0 radical (unpaired) electrons. The van der Waals surface area contributed by atoms with Crippen molar-refractivity contribution < 1.29 is 14.4 Å². The number of imide groups is 1. The Morgan fingerprint density at radius 1 is 1.10 bits per heavy atom. The Labute approximate surface area is 168 Å². The van der Waals surface area contributed by atoms with E-state index in [-0.39, 0.29) is 23.8 Å². The zero-order chi connectivity index (χ0) is 20.5. The normalized spacial score (nSPS) is 14.3. The molecule has 0 saturated heterocycles. The van der Waals surface area contributed by atoms with Gasteiger partial charge in [0.2, 0.25) is 0 Å². The number of amides is 3. The topological polar surface area (TPSA) is 82.3 Å². The molecule has 3 amide bonds. The van der Waals surface area contributed by atoms with E-state index in [9.17, 15) is 14.4 Å². The first-order valence-electron chi connectivity index (χ1n) is 9.86. The van der Waals surface area contributed by atoms with Gasteiger partial charge in [0.25, 0.3) is 17.7 Å². The smallest absolute Gasteiger partial charge is 0.261 e. The summed E-state index contributed by atoms with van der Waals surface area (Å²) in [4.78, 5) is 42.2. The van der Waals surface area contributed by atoms with Crippen molar-refractivity contribution in [1.82, 2.24) is 15.2 Å². The standard InChI is InChI=1S/C23H23N3O3/c1-3-14(2)26-22(28)18-9-8-15(12-19(18)23(26)29)21(27)24-11-10-16-13-25-20-7-5-4-6-17(16)20/h4-9,12-14,25H,3,10-11H2,1-2H3,(H,24,27)/t14-/m0/s1. The number of benzene rings is 2. The van der Waals surface area contributed by atoms with E-state index in [1.165, 1.54) is 11.0 Å². The van der Waals surface area contributed by atoms with Crippen LogP contribution in [0, 0.1) is 0 Å². The van der Waals surface area contributed by atoms with Crippen molar-refractivity contribution in [2.24, 2.45) is 0 Å². The fourth-order valence-corrected chi connectivity index (χ4v) is 3.73. The third-order valence-electron chi connectivity index (χ3n) is 5.57. The molecule has 0 unspecified atom stereocenters. The molecule has 0 spiro atoms. The zero-order valence-electron chi connectivity index (χ0n) is 16.5. The number of aromatic amines is 1. The fourth-order valence-electron chi connectivity index (χ4n) is 3.73. The van der Waals surface area contributed by atoms with Gasteiger partial charge in [-0.25, -0.2) is 0 Å². The van der Waals surface area contributed by atoms with Crippen molar-refractivity contribution in [3.8, 4) is 0 Å². The Kier molecular flexibility index (Phi) is 4.92. The molecule has 2 aromatic carbocycles. The lowest BCUT2D eigenvalue weighted by Crippen LogP contribution is -2.37. The summed E-state index contributed by atoms with van der Waals surface area (Å²) in [5.41, 5.74) is 3.27. The number of carbonyl (C=O) groups is 3. The molecule has 0 fully saturated rings. The molecule has 2 N–H and O–H groups in total. The van der Waals surface area contributed by atoms with E-state index in [2.05, 4.69) is 16.4 Å². The zero-order valence-corrected chi connectivity index (χ0v) is 16.5. The van der Waals surface area contributed by atoms with E-state index in [0.717, 1.165) is 16.5 Å². The van der Waals surface area contributed by atoms with Gasteiger partial charge in [0, 0.05) is 35.2 Å². The van der Waals surface area contributed by atoms with Crippen LogP contribution < -0.4 is 5.32 Å². The number of aromatic nitrogens is 1. The molecule has 1 aromatic heterocycles. The molecule has 0 saturated carbocycles. The first-order valence-corrected chi connectivity index (χ1v) is 9.86. The lowest BCUT2D eigenvalue weighted by molar-refractivity contribution is 0.0593. The van der Waals surface area contributed by atoms with Gasteiger partial charge in [-0.05, 0) is 49.6 Å². The van der Waals surface area contributed by atoms with Gasteiger partial charge < -0.3 is 10.3 Å². The van der Waals surface area contributed by atoms with Crippen LogP contribution >= 0.6 is 0 Å². The lowest BCUT2D eigenvalue weighted by Gasteiger charge is -2.20. The Morgan fingerprint density at radius 3 is 2.66 bits per heavy atom. The molecule has 6 nitrogen and oxygen atoms in total. The number of rotatable bonds is 6. The summed E-state index contributed by atoms with van der Waals surface area (Å²) in [6.07, 6.45) is 3.34. The minimum Gasteiger partial charge on any atom is -0.361 e. The van der Waals surface area contributed by atoms with Crippen LogP contribution in [0.3, 0.4) is 0 Å². The molecule has 1 aliphatic rings. The predicted octanol–water partition coefficient (Wildman–Crippen LogP) is 3.53. The maximum Gasteiger partial charge on any atom is 0.261 e. The second-order valence-corrected chi connectivity index (χ2v) is 7.36. The lowest BCUT2D eigenvalue weighted by atomic mass is 10.1. The van der Waals surface area contributed by atoms with Crippen molar-refractivity contribution in [1.29, 1.82) is 0 Å². The van der Waals surface area contributed by atoms with Crippen LogP contribution in [0.5, 0.6) is 0 Å². The number of hydrogen-bond acceptors (Lipinski definition) is 3. The minimum atomic E-state index is -0.326. The van der Waals surface area contributed by atoms with Gasteiger partial charge in [-0.2, -0.15) is 0 Å². The van der Waals surface area contributed by atoms with Crippen LogP contribution in [0.1, 0.15) is 56.9 Å². The van der Waals surface area contributed by atoms with Crippen LogP contribution in [0.15, 0.2) is 48.7 Å². The third-order valence-corrected chi connectivity index (χ3v) is 5.57. The molecule has 6 heteroatoms. The van der Waals surface area contributed by atoms with E-state index in [1.54, 1.807) is 12.1 Å². The molecular formula is C23H23N3O3. The fraction of sp³-hybridized carbons (Fsp3) is 0.261. The van der Waals surface area contributed by atoms with Crippen molar-refractivity contribution >= 4 is 28.6 Å². The molecular weight excluding hydrogens is 366 g/mol. The van der Waals surface area contributed by atoms with Crippen LogP contribution in [-0.4, -0.2) is 40.2 Å². The molecule has 148 valence electrons. The Bertz CT molecular complexity index is 1120. The van der Waals surface area contributed by atoms with Crippen molar-refractivity contribution in [2.75, 3.05) is 6.54 Å². The molecule has 29 heavy (non-hydrogen) atoms. The Hall–Kier alpha value is -3.41. The minimum absolute atomic E-state index is 0.171. The monoisotopic (exact) mass is 389 g/mol. The number of carbonyl (C=O) groups excluding carboxylic acids is 3. The predicted molar refractivity (Wildman–Crippen MR) is 111 cm³/mol. The van der Waals surface area contributed by atoms with E-state index in [1.807, 2.05) is 38.2 Å². The van der Waals surface area contributed by atoms with Gasteiger partial charge in [0.1, 0.15) is 0 Å². The van der Waals surface area contributed by atoms with Gasteiger partial charge in [-0.1, -0.05) is 25.1 Å². The maximum atomic E-state index is 12.6. The number of nitrogens with zero attached hydrogens (tertiary/aromatic N) is 1. The van der Waals surface area contributed by atoms with Gasteiger partial charge >= 0.3 is 0 Å². The SMILES string of the molecule is CC[C@H](C)N1C(=O)c2ccc(C(=O)NCCc3c[nH]c4ccccc34)cc2C1=O. The average Bonchev–Trinajstić information content (AvgIpc) is 3.26. The number of hydrogen-bond donors (Lipinski definition) is 2. The van der Waals surface area contributed by atoms with Crippen LogP contribution in [0.2, 0.25) is 0 Å². The van der Waals surface area contributed by atoms with Crippen LogP contribution in [0.25, 0.3) is 10.9 Å². The van der Waals surface area contributed by atoms with E-state index >= 15 is 0 Å². The number of fused-ring (bicyclic) bond motifs is 2. The molecule has 1 aliphatic heterocycles. The number of nitrogens with one attached hydrogen (secondary N) is 2. The summed E-state index contributed by atoms with van der Waals surface area (Å²) in [5.74, 6) is -0.867. The average molecular weight is 389 g/mol. The van der Waals surface area contributed by atoms with Gasteiger partial charge in [-0.3, -0.25) is 19.3 Å². The van der Waals surface area contributed by atoms with E-state index in [0.29, 0.717) is 36.1 Å². The van der Waals surface area contributed by atoms with Crippen LogP contribution in [0.4, 0.5) is 0 Å². The highest BCUT2D eigenvalue weighted by Gasteiger charge is 2.38. The van der Waals surface area contributed by atoms with Gasteiger partial charge in [0.05, 0.1) is 11.1 Å². The summed E-state index contributed by atoms with van der Waals surface area (Å²) < 4.78 is 0. The highest BCUT2D eigenvalue weighted by molar-refractivity contribution is 6.22. The second kappa shape index (κ2) is 7.54. The van der Waals surface area contributed by atoms with Gasteiger partial charge in [0.15, 0.2) is 0 Å². The molecule has 3 aromatic rings. The third kappa shape index (κ3) is 3.31. The molecule has 0 bridgehead atoms. The van der Waals surface area contributed by atoms with Crippen molar-refractivity contribution in [2.45, 2.75) is 32.7 Å². The summed E-state index contributed by atoms with van der Waals surface area (Å²) in [6.45, 7) is 4.25. The molecule has 4 rings (SSSR count). The first-order chi connectivity index (χ1) is 14.0. The first kappa shape index (κ1) is 18.9. The molecule has 2 heterocycles. The maximum absolute atomic E-state index is 12.6. The number of para-hydroxylation sites is 1. The summed E-state index contributed by atoms with van der Waals surface area (Å²) in [7, 11) is 0.